The molecule has 2 fully saturated rings. The number of nitrogens with zero attached hydrogens (tertiary/aromatic N) is 1. The van der Waals surface area contributed by atoms with Gasteiger partial charge in [-0.3, -0.25) is 19.7 Å². The number of nitrogens with one attached hydrogen (secondary N) is 2. The van der Waals surface area contributed by atoms with E-state index in [1.807, 2.05) is 12.1 Å². The molecule has 7 heteroatoms. The first-order chi connectivity index (χ1) is 12.1. The zero-order chi connectivity index (χ0) is 17.4. The Morgan fingerprint density at radius 2 is 1.88 bits per heavy atom. The lowest BCUT2D eigenvalue weighted by atomic mass is 10.0. The first-order valence-corrected chi connectivity index (χ1v) is 8.77. The number of carbonyl (C=O) groups is 3. The van der Waals surface area contributed by atoms with Crippen LogP contribution in [0.15, 0.2) is 18.2 Å². The molecule has 2 N–H and O–H groups in total. The van der Waals surface area contributed by atoms with Gasteiger partial charge < -0.3 is 15.0 Å². The summed E-state index contributed by atoms with van der Waals surface area (Å²) in [6, 6.07) is 5.00. The van der Waals surface area contributed by atoms with E-state index in [9.17, 15) is 14.4 Å². The number of rotatable bonds is 3. The molecule has 3 heterocycles. The van der Waals surface area contributed by atoms with E-state index < -0.39 is 6.04 Å². The molecule has 1 atom stereocenters. The molecule has 1 aromatic rings. The number of fused-ring (bicyclic) bond motifs is 1. The van der Waals surface area contributed by atoms with E-state index in [1.165, 1.54) is 0 Å². The Kier molecular flexibility index (Phi) is 4.17. The summed E-state index contributed by atoms with van der Waals surface area (Å²) in [6.07, 6.45) is 2.71. The molecular formula is C18H21N3O4. The SMILES string of the molecule is O=C1CCC(N2Cc3ccc(OC4CCNCC4)cc3C2=O)C(=O)N1. The Labute approximate surface area is 145 Å². The smallest absolute Gasteiger partial charge is 0.255 e. The lowest BCUT2D eigenvalue weighted by Gasteiger charge is -2.29. The summed E-state index contributed by atoms with van der Waals surface area (Å²) in [5.74, 6) is -0.129. The van der Waals surface area contributed by atoms with Gasteiger partial charge in [0.15, 0.2) is 0 Å². The van der Waals surface area contributed by atoms with Crippen LogP contribution in [0.5, 0.6) is 5.75 Å². The molecule has 0 radical (unpaired) electrons. The number of piperidine rings is 2. The van der Waals surface area contributed by atoms with Gasteiger partial charge in [-0.2, -0.15) is 0 Å². The number of ether oxygens (including phenoxy) is 1. The third-order valence-electron chi connectivity index (χ3n) is 5.09. The van der Waals surface area contributed by atoms with Gasteiger partial charge in [0.05, 0.1) is 0 Å². The van der Waals surface area contributed by atoms with Crippen LogP contribution in [-0.4, -0.2) is 47.9 Å². The second-order valence-electron chi connectivity index (χ2n) is 6.79. The van der Waals surface area contributed by atoms with Crippen LogP contribution in [0, 0.1) is 0 Å². The largest absolute Gasteiger partial charge is 0.490 e. The van der Waals surface area contributed by atoms with E-state index in [0.29, 0.717) is 24.3 Å². The number of amides is 3. The molecule has 132 valence electrons. The monoisotopic (exact) mass is 343 g/mol. The van der Waals surface area contributed by atoms with Crippen molar-refractivity contribution in [2.75, 3.05) is 13.1 Å². The van der Waals surface area contributed by atoms with E-state index in [2.05, 4.69) is 10.6 Å². The highest BCUT2D eigenvalue weighted by atomic mass is 16.5. The van der Waals surface area contributed by atoms with Crippen LogP contribution in [0.2, 0.25) is 0 Å². The number of hydrogen-bond acceptors (Lipinski definition) is 5. The normalized spacial score (nSPS) is 24.2. The van der Waals surface area contributed by atoms with Crippen molar-refractivity contribution >= 4 is 17.7 Å². The first-order valence-electron chi connectivity index (χ1n) is 8.77. The van der Waals surface area contributed by atoms with Crippen LogP contribution < -0.4 is 15.4 Å². The van der Waals surface area contributed by atoms with Gasteiger partial charge in [0.25, 0.3) is 5.91 Å². The van der Waals surface area contributed by atoms with Gasteiger partial charge >= 0.3 is 0 Å². The maximum Gasteiger partial charge on any atom is 0.255 e. The Balaban J connectivity index is 1.49. The molecule has 4 rings (SSSR count). The molecule has 7 nitrogen and oxygen atoms in total. The van der Waals surface area contributed by atoms with Gasteiger partial charge in [-0.1, -0.05) is 6.07 Å². The van der Waals surface area contributed by atoms with Crippen LogP contribution in [0.1, 0.15) is 41.6 Å². The number of carbonyl (C=O) groups excluding carboxylic acids is 3. The van der Waals surface area contributed by atoms with Gasteiger partial charge in [-0.05, 0) is 50.0 Å². The molecule has 0 spiro atoms. The predicted octanol–water partition coefficient (Wildman–Crippen LogP) is 0.578. The highest BCUT2D eigenvalue weighted by Gasteiger charge is 2.39. The maximum absolute atomic E-state index is 12.8. The van der Waals surface area contributed by atoms with Crippen LogP contribution in [0.25, 0.3) is 0 Å². The highest BCUT2D eigenvalue weighted by Crippen LogP contribution is 2.30. The van der Waals surface area contributed by atoms with Crippen molar-refractivity contribution in [2.45, 2.75) is 44.4 Å². The summed E-state index contributed by atoms with van der Waals surface area (Å²) >= 11 is 0. The van der Waals surface area contributed by atoms with E-state index in [0.717, 1.165) is 31.5 Å². The molecule has 0 aromatic heterocycles. The molecule has 2 saturated heterocycles. The van der Waals surface area contributed by atoms with Crippen molar-refractivity contribution in [3.63, 3.8) is 0 Å². The van der Waals surface area contributed by atoms with E-state index >= 15 is 0 Å². The van der Waals surface area contributed by atoms with Gasteiger partial charge in [0.1, 0.15) is 17.9 Å². The van der Waals surface area contributed by atoms with E-state index in [-0.39, 0.29) is 30.2 Å². The molecule has 0 saturated carbocycles. The fraction of sp³-hybridized carbons (Fsp3) is 0.500. The highest BCUT2D eigenvalue weighted by molar-refractivity contribution is 6.05. The summed E-state index contributed by atoms with van der Waals surface area (Å²) in [4.78, 5) is 37.7. The predicted molar refractivity (Wildman–Crippen MR) is 89.0 cm³/mol. The Morgan fingerprint density at radius 1 is 1.08 bits per heavy atom. The first kappa shape index (κ1) is 16.1. The Hall–Kier alpha value is -2.41. The summed E-state index contributed by atoms with van der Waals surface area (Å²) in [6.45, 7) is 2.28. The van der Waals surface area contributed by atoms with Crippen molar-refractivity contribution in [1.82, 2.24) is 15.5 Å². The minimum Gasteiger partial charge on any atom is -0.490 e. The second-order valence-corrected chi connectivity index (χ2v) is 6.79. The maximum atomic E-state index is 12.8. The quantitative estimate of drug-likeness (QED) is 0.784. The van der Waals surface area contributed by atoms with Crippen molar-refractivity contribution in [3.05, 3.63) is 29.3 Å². The lowest BCUT2D eigenvalue weighted by molar-refractivity contribution is -0.136. The minimum absolute atomic E-state index is 0.166. The number of imide groups is 1. The van der Waals surface area contributed by atoms with Gasteiger partial charge in [-0.25, -0.2) is 0 Å². The minimum atomic E-state index is -0.577. The summed E-state index contributed by atoms with van der Waals surface area (Å²) in [5.41, 5.74) is 1.49. The zero-order valence-corrected chi connectivity index (χ0v) is 13.9. The Morgan fingerprint density at radius 3 is 2.64 bits per heavy atom. The molecule has 3 aliphatic heterocycles. The van der Waals surface area contributed by atoms with Crippen LogP contribution in [-0.2, 0) is 16.1 Å². The molecule has 0 aliphatic carbocycles. The lowest BCUT2D eigenvalue weighted by Crippen LogP contribution is -2.52. The van der Waals surface area contributed by atoms with Crippen LogP contribution >= 0.6 is 0 Å². The second kappa shape index (κ2) is 6.48. The fourth-order valence-electron chi connectivity index (χ4n) is 3.71. The van der Waals surface area contributed by atoms with Crippen LogP contribution in [0.3, 0.4) is 0 Å². The molecule has 1 aromatic carbocycles. The average Bonchev–Trinajstić information content (AvgIpc) is 2.92. The number of hydrogen-bond donors (Lipinski definition) is 2. The molecule has 25 heavy (non-hydrogen) atoms. The standard InChI is InChI=1S/C18H21N3O4/c22-16-4-3-15(17(23)20-16)21-10-11-1-2-13(9-14(11)18(21)24)25-12-5-7-19-8-6-12/h1-2,9,12,15,19H,3-8,10H2,(H,20,22,23). The molecule has 1 unspecified atom stereocenters. The van der Waals surface area contributed by atoms with Crippen molar-refractivity contribution in [1.29, 1.82) is 0 Å². The summed E-state index contributed by atoms with van der Waals surface area (Å²) in [7, 11) is 0. The topological polar surface area (TPSA) is 87.7 Å². The summed E-state index contributed by atoms with van der Waals surface area (Å²) < 4.78 is 6.01. The Bertz CT molecular complexity index is 727. The van der Waals surface area contributed by atoms with Crippen molar-refractivity contribution in [3.8, 4) is 5.75 Å². The van der Waals surface area contributed by atoms with Gasteiger partial charge in [-0.15, -0.1) is 0 Å². The zero-order valence-electron chi connectivity index (χ0n) is 13.9. The number of benzene rings is 1. The molecular weight excluding hydrogens is 322 g/mol. The third kappa shape index (κ3) is 3.11. The fourth-order valence-corrected chi connectivity index (χ4v) is 3.71. The van der Waals surface area contributed by atoms with Crippen molar-refractivity contribution in [2.24, 2.45) is 0 Å². The van der Waals surface area contributed by atoms with Gasteiger partial charge in [0.2, 0.25) is 11.8 Å². The molecule has 3 amide bonds. The molecule has 3 aliphatic rings. The molecule has 0 bridgehead atoms. The van der Waals surface area contributed by atoms with Crippen molar-refractivity contribution < 1.29 is 19.1 Å². The third-order valence-corrected chi connectivity index (χ3v) is 5.09. The van der Waals surface area contributed by atoms with Gasteiger partial charge in [0, 0.05) is 18.5 Å². The van der Waals surface area contributed by atoms with E-state index in [4.69, 9.17) is 4.74 Å². The van der Waals surface area contributed by atoms with E-state index in [1.54, 1.807) is 11.0 Å². The summed E-state index contributed by atoms with van der Waals surface area (Å²) in [5, 5.41) is 5.61. The van der Waals surface area contributed by atoms with Crippen LogP contribution in [0.4, 0.5) is 0 Å². The average molecular weight is 343 g/mol.